The summed E-state index contributed by atoms with van der Waals surface area (Å²) in [6.45, 7) is 2.47. The zero-order valence-corrected chi connectivity index (χ0v) is 15.9. The molecule has 3 aromatic rings. The van der Waals surface area contributed by atoms with Crippen molar-refractivity contribution in [3.63, 3.8) is 0 Å². The Kier molecular flexibility index (Phi) is 4.72. The highest BCUT2D eigenvalue weighted by Crippen LogP contribution is 2.36. The number of hydrogen-bond donors (Lipinski definition) is 2. The molecule has 1 aromatic carbocycles. The van der Waals surface area contributed by atoms with Gasteiger partial charge < -0.3 is 11.6 Å². The maximum absolute atomic E-state index is 12.4. The van der Waals surface area contributed by atoms with Crippen molar-refractivity contribution < 1.29 is 0 Å². The molecule has 0 aliphatic rings. The van der Waals surface area contributed by atoms with E-state index in [1.54, 1.807) is 10.9 Å². The lowest BCUT2D eigenvalue weighted by Crippen LogP contribution is -2.33. The van der Waals surface area contributed by atoms with Crippen LogP contribution in [0.15, 0.2) is 39.7 Å². The van der Waals surface area contributed by atoms with Gasteiger partial charge in [0, 0.05) is 33.9 Å². The van der Waals surface area contributed by atoms with Gasteiger partial charge in [0.2, 0.25) is 0 Å². The third kappa shape index (κ3) is 2.94. The first-order valence-electron chi connectivity index (χ1n) is 7.90. The van der Waals surface area contributed by atoms with Crippen LogP contribution in [0.4, 0.5) is 5.82 Å². The van der Waals surface area contributed by atoms with E-state index in [1.165, 1.54) is 0 Å². The highest BCUT2D eigenvalue weighted by Gasteiger charge is 2.25. The van der Waals surface area contributed by atoms with Gasteiger partial charge in [0.1, 0.15) is 34.8 Å². The van der Waals surface area contributed by atoms with Gasteiger partial charge in [-0.3, -0.25) is 9.48 Å². The third-order valence-electron chi connectivity index (χ3n) is 4.14. The molecule has 3 rings (SSSR count). The van der Waals surface area contributed by atoms with Crippen molar-refractivity contribution in [1.82, 2.24) is 14.5 Å². The third-order valence-corrected chi connectivity index (χ3v) is 4.67. The molecule has 8 nitrogen and oxygen atoms in total. The zero-order valence-electron chi connectivity index (χ0n) is 14.3. The van der Waals surface area contributed by atoms with Crippen LogP contribution in [0.25, 0.3) is 22.4 Å². The summed E-state index contributed by atoms with van der Waals surface area (Å²) in [6.07, 6.45) is 1.69. The number of rotatable bonds is 3. The summed E-state index contributed by atoms with van der Waals surface area (Å²) in [5.74, 6) is 5.42. The van der Waals surface area contributed by atoms with E-state index in [1.807, 2.05) is 43.3 Å². The topological polar surface area (TPSA) is 139 Å². The second-order valence-electron chi connectivity index (χ2n) is 5.66. The molecule has 2 heterocycles. The standard InChI is InChI=1S/C18H14BrN7O/c1-2-25-9-14(16(24-25)10-3-5-11(19)6-4-10)15-12(7-20)17(22)26(23)18(27)13(15)8-21/h3-6,9H,2,22-23H2,1H3. The first-order chi connectivity index (χ1) is 12.9. The molecule has 2 aromatic heterocycles. The average Bonchev–Trinajstić information content (AvgIpc) is 3.10. The molecule has 0 radical (unpaired) electrons. The molecule has 0 atom stereocenters. The number of nitriles is 2. The Morgan fingerprint density at radius 2 is 1.81 bits per heavy atom. The van der Waals surface area contributed by atoms with Crippen LogP contribution in [0.5, 0.6) is 0 Å². The number of nitrogens with two attached hydrogens (primary N) is 2. The smallest absolute Gasteiger partial charge is 0.289 e. The number of aryl methyl sites for hydroxylation is 1. The van der Waals surface area contributed by atoms with Crippen molar-refractivity contribution >= 4 is 21.7 Å². The molecule has 134 valence electrons. The monoisotopic (exact) mass is 423 g/mol. The molecule has 0 fully saturated rings. The number of halogens is 1. The molecule has 0 bridgehead atoms. The van der Waals surface area contributed by atoms with Gasteiger partial charge in [-0.2, -0.15) is 15.6 Å². The Balaban J connectivity index is 2.44. The molecule has 0 saturated heterocycles. The molecule has 27 heavy (non-hydrogen) atoms. The summed E-state index contributed by atoms with van der Waals surface area (Å²) in [4.78, 5) is 12.4. The molecule has 0 saturated carbocycles. The van der Waals surface area contributed by atoms with E-state index >= 15 is 0 Å². The lowest BCUT2D eigenvalue weighted by Gasteiger charge is -2.12. The summed E-state index contributed by atoms with van der Waals surface area (Å²) in [5, 5.41) is 23.7. The Morgan fingerprint density at radius 3 is 2.37 bits per heavy atom. The summed E-state index contributed by atoms with van der Waals surface area (Å²) in [7, 11) is 0. The number of pyridine rings is 1. The molecule has 0 amide bonds. The van der Waals surface area contributed by atoms with Crippen LogP contribution in [0.3, 0.4) is 0 Å². The summed E-state index contributed by atoms with van der Waals surface area (Å²) < 4.78 is 3.18. The lowest BCUT2D eigenvalue weighted by molar-refractivity contribution is 0.662. The van der Waals surface area contributed by atoms with Crippen molar-refractivity contribution in [2.24, 2.45) is 0 Å². The fourth-order valence-electron chi connectivity index (χ4n) is 2.78. The fourth-order valence-corrected chi connectivity index (χ4v) is 3.05. The molecular formula is C18H14BrN7O. The SMILES string of the molecule is CCn1cc(-c2c(C#N)c(N)n(N)c(=O)c2C#N)c(-c2ccc(Br)cc2)n1. The van der Waals surface area contributed by atoms with E-state index in [2.05, 4.69) is 21.0 Å². The normalized spacial score (nSPS) is 10.4. The Morgan fingerprint density at radius 1 is 1.19 bits per heavy atom. The van der Waals surface area contributed by atoms with Crippen molar-refractivity contribution in [2.75, 3.05) is 11.6 Å². The highest BCUT2D eigenvalue weighted by atomic mass is 79.9. The van der Waals surface area contributed by atoms with Crippen LogP contribution in [-0.2, 0) is 6.54 Å². The van der Waals surface area contributed by atoms with Crippen molar-refractivity contribution in [3.8, 4) is 34.5 Å². The van der Waals surface area contributed by atoms with Gasteiger partial charge in [-0.1, -0.05) is 28.1 Å². The van der Waals surface area contributed by atoms with Gasteiger partial charge >= 0.3 is 0 Å². The molecule has 4 N–H and O–H groups in total. The number of aromatic nitrogens is 3. The quantitative estimate of drug-likeness (QED) is 0.618. The molecule has 0 spiro atoms. The van der Waals surface area contributed by atoms with E-state index in [0.717, 1.165) is 10.0 Å². The molecule has 0 aliphatic heterocycles. The lowest BCUT2D eigenvalue weighted by atomic mass is 9.94. The van der Waals surface area contributed by atoms with Crippen LogP contribution >= 0.6 is 15.9 Å². The molecular weight excluding hydrogens is 410 g/mol. The second-order valence-corrected chi connectivity index (χ2v) is 6.58. The van der Waals surface area contributed by atoms with E-state index in [0.29, 0.717) is 22.5 Å². The number of nitrogens with zero attached hydrogens (tertiary/aromatic N) is 5. The highest BCUT2D eigenvalue weighted by molar-refractivity contribution is 9.10. The number of nitrogen functional groups attached to an aromatic ring is 2. The van der Waals surface area contributed by atoms with E-state index < -0.39 is 5.56 Å². The number of benzene rings is 1. The summed E-state index contributed by atoms with van der Waals surface area (Å²) in [5.41, 5.74) is 6.73. The van der Waals surface area contributed by atoms with Gasteiger partial charge in [0.25, 0.3) is 5.56 Å². The Hall–Kier alpha value is -3.56. The van der Waals surface area contributed by atoms with Gasteiger partial charge in [-0.15, -0.1) is 0 Å². The maximum Gasteiger partial charge on any atom is 0.289 e. The van der Waals surface area contributed by atoms with Gasteiger partial charge in [0.15, 0.2) is 0 Å². The van der Waals surface area contributed by atoms with Crippen LogP contribution in [-0.4, -0.2) is 14.5 Å². The number of anilines is 1. The maximum atomic E-state index is 12.4. The minimum atomic E-state index is -0.769. The minimum Gasteiger partial charge on any atom is -0.382 e. The van der Waals surface area contributed by atoms with E-state index in [-0.39, 0.29) is 22.5 Å². The van der Waals surface area contributed by atoms with E-state index in [9.17, 15) is 15.3 Å². The largest absolute Gasteiger partial charge is 0.382 e. The summed E-state index contributed by atoms with van der Waals surface area (Å²) in [6, 6.07) is 11.2. The van der Waals surface area contributed by atoms with Gasteiger partial charge in [-0.25, -0.2) is 4.68 Å². The zero-order chi connectivity index (χ0) is 19.7. The van der Waals surface area contributed by atoms with Crippen molar-refractivity contribution in [3.05, 3.63) is 56.4 Å². The first-order valence-corrected chi connectivity index (χ1v) is 8.69. The predicted octanol–water partition coefficient (Wildman–Crippen LogP) is 2.20. The second kappa shape index (κ2) is 6.98. The molecule has 0 unspecified atom stereocenters. The average molecular weight is 424 g/mol. The summed E-state index contributed by atoms with van der Waals surface area (Å²) >= 11 is 3.39. The molecule has 9 heteroatoms. The molecule has 0 aliphatic carbocycles. The van der Waals surface area contributed by atoms with Crippen LogP contribution in [0.1, 0.15) is 18.1 Å². The van der Waals surface area contributed by atoms with Crippen molar-refractivity contribution in [1.29, 1.82) is 10.5 Å². The predicted molar refractivity (Wildman–Crippen MR) is 105 cm³/mol. The Bertz CT molecular complexity index is 1180. The minimum absolute atomic E-state index is 0.0392. The van der Waals surface area contributed by atoms with Gasteiger partial charge in [-0.05, 0) is 19.1 Å². The number of hydrogen-bond acceptors (Lipinski definition) is 6. The Labute approximate surface area is 163 Å². The fraction of sp³-hybridized carbons (Fsp3) is 0.111. The van der Waals surface area contributed by atoms with Crippen LogP contribution in [0.2, 0.25) is 0 Å². The first kappa shape index (κ1) is 18.2. The van der Waals surface area contributed by atoms with Crippen molar-refractivity contribution in [2.45, 2.75) is 13.5 Å². The van der Waals surface area contributed by atoms with Crippen LogP contribution in [0, 0.1) is 22.7 Å². The van der Waals surface area contributed by atoms with Crippen LogP contribution < -0.4 is 17.1 Å². The van der Waals surface area contributed by atoms with E-state index in [4.69, 9.17) is 11.6 Å². The van der Waals surface area contributed by atoms with Gasteiger partial charge in [0.05, 0.1) is 0 Å².